The van der Waals surface area contributed by atoms with Gasteiger partial charge in [0.15, 0.2) is 5.76 Å². The molecule has 4 rings (SSSR count). The van der Waals surface area contributed by atoms with Crippen molar-refractivity contribution >= 4 is 32.8 Å². The summed E-state index contributed by atoms with van der Waals surface area (Å²) in [6, 6.07) is 19.2. The highest BCUT2D eigenvalue weighted by Crippen LogP contribution is 2.37. The molecular formula is C26H24F3NO5S2. The lowest BCUT2D eigenvalue weighted by Gasteiger charge is -2.23. The number of aliphatic hydroxyl groups is 2. The van der Waals surface area contributed by atoms with E-state index in [-0.39, 0.29) is 40.4 Å². The van der Waals surface area contributed by atoms with Gasteiger partial charge in [-0.3, -0.25) is 0 Å². The number of aryl methyl sites for hydroxylation is 1. The summed E-state index contributed by atoms with van der Waals surface area (Å²) < 4.78 is 72.3. The van der Waals surface area contributed by atoms with Crippen LogP contribution in [0.3, 0.4) is 0 Å². The van der Waals surface area contributed by atoms with E-state index in [0.717, 1.165) is 5.56 Å². The first-order valence-corrected chi connectivity index (χ1v) is 13.5. The average Bonchev–Trinajstić information content (AvgIpc) is 3.18. The minimum atomic E-state index is -4.41. The molecule has 0 unspecified atom stereocenters. The summed E-state index contributed by atoms with van der Waals surface area (Å²) in [6.45, 7) is 1.69. The van der Waals surface area contributed by atoms with Crippen molar-refractivity contribution in [2.45, 2.75) is 41.5 Å². The molecule has 2 N–H and O–H groups in total. The summed E-state index contributed by atoms with van der Waals surface area (Å²) >= 11 is -0.232. The van der Waals surface area contributed by atoms with Crippen molar-refractivity contribution in [2.75, 3.05) is 6.54 Å². The van der Waals surface area contributed by atoms with Crippen molar-refractivity contribution in [3.05, 3.63) is 95.2 Å². The molecule has 1 aromatic heterocycles. The van der Waals surface area contributed by atoms with Crippen molar-refractivity contribution < 1.29 is 36.2 Å². The lowest BCUT2D eigenvalue weighted by atomic mass is 10.1. The monoisotopic (exact) mass is 551 g/mol. The molecule has 11 heteroatoms. The third-order valence-electron chi connectivity index (χ3n) is 5.83. The van der Waals surface area contributed by atoms with Gasteiger partial charge < -0.3 is 14.6 Å². The standard InChI is InChI=1S/C26H24F3NO5S2/c1-17-22-15-21(11-12-23(22)35-24(17)25(31)32)37(33,34)30(14-13-18-5-3-2-4-6-18)16-19-7-9-20(10-8-19)36-26(27,28)29/h2-12,15,25,31-32H,13-14,16H2,1H3. The van der Waals surface area contributed by atoms with E-state index in [1.165, 1.54) is 46.8 Å². The Balaban J connectivity index is 1.66. The SMILES string of the molecule is Cc1c(C(O)O)oc2ccc(S(=O)(=O)N(CCc3ccccc3)Cc3ccc(SC(F)(F)F)cc3)cc12. The summed E-state index contributed by atoms with van der Waals surface area (Å²) in [7, 11) is -4.05. The van der Waals surface area contributed by atoms with Crippen LogP contribution < -0.4 is 0 Å². The van der Waals surface area contributed by atoms with Gasteiger partial charge >= 0.3 is 5.51 Å². The fraction of sp³-hybridized carbons (Fsp3) is 0.231. The molecule has 0 aliphatic heterocycles. The summed E-state index contributed by atoms with van der Waals surface area (Å²) in [5, 5.41) is 19.5. The van der Waals surface area contributed by atoms with E-state index in [9.17, 15) is 31.8 Å². The van der Waals surface area contributed by atoms with Gasteiger partial charge in [0.2, 0.25) is 16.3 Å². The second kappa shape index (κ2) is 10.9. The lowest BCUT2D eigenvalue weighted by molar-refractivity contribution is -0.0576. The maximum absolute atomic E-state index is 13.8. The number of halogens is 3. The van der Waals surface area contributed by atoms with Gasteiger partial charge in [-0.05, 0) is 66.6 Å². The number of rotatable bonds is 9. The van der Waals surface area contributed by atoms with Crippen molar-refractivity contribution in [3.63, 3.8) is 0 Å². The molecule has 6 nitrogen and oxygen atoms in total. The number of aliphatic hydroxyl groups excluding tert-OH is 1. The topological polar surface area (TPSA) is 91.0 Å². The Hall–Kier alpha value is -2.83. The Kier molecular flexibility index (Phi) is 8.00. The fourth-order valence-electron chi connectivity index (χ4n) is 3.96. The molecule has 0 fully saturated rings. The zero-order valence-electron chi connectivity index (χ0n) is 19.6. The van der Waals surface area contributed by atoms with Crippen LogP contribution in [0, 0.1) is 6.92 Å². The second-order valence-electron chi connectivity index (χ2n) is 8.39. The number of sulfonamides is 1. The molecule has 196 valence electrons. The van der Waals surface area contributed by atoms with Gasteiger partial charge in [-0.25, -0.2) is 8.42 Å². The summed E-state index contributed by atoms with van der Waals surface area (Å²) in [4.78, 5) is -0.00195. The van der Waals surface area contributed by atoms with Gasteiger partial charge in [0.1, 0.15) is 5.58 Å². The number of furan rings is 1. The highest BCUT2D eigenvalue weighted by atomic mass is 32.2. The molecule has 1 heterocycles. The minimum absolute atomic E-state index is 0.0118. The molecule has 0 radical (unpaired) electrons. The van der Waals surface area contributed by atoms with Crippen molar-refractivity contribution in [1.82, 2.24) is 4.31 Å². The quantitative estimate of drug-likeness (QED) is 0.203. The summed E-state index contributed by atoms with van der Waals surface area (Å²) in [5.74, 6) is -0.0673. The third-order valence-corrected chi connectivity index (χ3v) is 8.41. The van der Waals surface area contributed by atoms with E-state index >= 15 is 0 Å². The number of nitrogens with zero attached hydrogens (tertiary/aromatic N) is 1. The minimum Gasteiger partial charge on any atom is -0.455 e. The Bertz CT molecular complexity index is 1470. The molecule has 0 saturated carbocycles. The predicted octanol–water partition coefficient (Wildman–Crippen LogP) is 5.77. The van der Waals surface area contributed by atoms with E-state index < -0.39 is 21.8 Å². The Labute approximate surface area is 216 Å². The summed E-state index contributed by atoms with van der Waals surface area (Å²) in [6.07, 6.45) is -1.41. The normalized spacial score (nSPS) is 12.6. The van der Waals surface area contributed by atoms with Crippen molar-refractivity contribution in [2.24, 2.45) is 0 Å². The number of fused-ring (bicyclic) bond motifs is 1. The van der Waals surface area contributed by atoms with Crippen molar-refractivity contribution in [1.29, 1.82) is 0 Å². The molecule has 0 bridgehead atoms. The second-order valence-corrected chi connectivity index (χ2v) is 11.5. The van der Waals surface area contributed by atoms with Crippen LogP contribution in [0.25, 0.3) is 11.0 Å². The lowest BCUT2D eigenvalue weighted by Crippen LogP contribution is -2.32. The van der Waals surface area contributed by atoms with Crippen LogP contribution in [0.1, 0.15) is 28.7 Å². The first-order valence-electron chi connectivity index (χ1n) is 11.2. The molecular weight excluding hydrogens is 527 g/mol. The number of hydrogen-bond acceptors (Lipinski definition) is 6. The first kappa shape index (κ1) is 27.2. The Morgan fingerprint density at radius 2 is 1.65 bits per heavy atom. The van der Waals surface area contributed by atoms with E-state index in [1.54, 1.807) is 6.92 Å². The molecule has 0 amide bonds. The number of hydrogen-bond donors (Lipinski definition) is 2. The molecule has 0 aliphatic carbocycles. The van der Waals surface area contributed by atoms with Crippen LogP contribution in [0.2, 0.25) is 0 Å². The fourth-order valence-corrected chi connectivity index (χ4v) is 5.95. The van der Waals surface area contributed by atoms with Crippen LogP contribution in [0.4, 0.5) is 13.2 Å². The highest BCUT2D eigenvalue weighted by molar-refractivity contribution is 8.00. The first-order chi connectivity index (χ1) is 17.4. The van der Waals surface area contributed by atoms with E-state index in [4.69, 9.17) is 4.42 Å². The van der Waals surface area contributed by atoms with Crippen molar-refractivity contribution in [3.8, 4) is 0 Å². The Morgan fingerprint density at radius 3 is 2.27 bits per heavy atom. The maximum Gasteiger partial charge on any atom is 0.446 e. The molecule has 0 saturated heterocycles. The van der Waals surface area contributed by atoms with Gasteiger partial charge in [-0.15, -0.1) is 0 Å². The maximum atomic E-state index is 13.8. The smallest absolute Gasteiger partial charge is 0.446 e. The van der Waals surface area contributed by atoms with Crippen LogP contribution in [0.15, 0.2) is 87.0 Å². The van der Waals surface area contributed by atoms with Gasteiger partial charge in [-0.1, -0.05) is 42.5 Å². The average molecular weight is 552 g/mol. The molecule has 0 atom stereocenters. The molecule has 0 aliphatic rings. The molecule has 3 aromatic carbocycles. The third kappa shape index (κ3) is 6.55. The van der Waals surface area contributed by atoms with Crippen LogP contribution in [-0.2, 0) is 23.0 Å². The molecule has 4 aromatic rings. The number of thioether (sulfide) groups is 1. The van der Waals surface area contributed by atoms with Crippen LogP contribution >= 0.6 is 11.8 Å². The van der Waals surface area contributed by atoms with Gasteiger partial charge in [-0.2, -0.15) is 17.5 Å². The number of benzene rings is 3. The predicted molar refractivity (Wildman–Crippen MR) is 134 cm³/mol. The van der Waals surface area contributed by atoms with Crippen LogP contribution in [-0.4, -0.2) is 35.0 Å². The summed E-state index contributed by atoms with van der Waals surface area (Å²) in [5.41, 5.74) is -2.22. The van der Waals surface area contributed by atoms with E-state index in [2.05, 4.69) is 0 Å². The van der Waals surface area contributed by atoms with Gasteiger partial charge in [0.05, 0.1) is 4.90 Å². The zero-order valence-corrected chi connectivity index (χ0v) is 21.3. The molecule has 0 spiro atoms. The van der Waals surface area contributed by atoms with Crippen LogP contribution in [0.5, 0.6) is 0 Å². The van der Waals surface area contributed by atoms with E-state index in [1.807, 2.05) is 30.3 Å². The van der Waals surface area contributed by atoms with Gasteiger partial charge in [0, 0.05) is 28.9 Å². The zero-order chi connectivity index (χ0) is 26.8. The number of alkyl halides is 3. The largest absolute Gasteiger partial charge is 0.455 e. The highest BCUT2D eigenvalue weighted by Gasteiger charge is 2.30. The molecule has 37 heavy (non-hydrogen) atoms. The van der Waals surface area contributed by atoms with Gasteiger partial charge in [0.25, 0.3) is 0 Å². The Morgan fingerprint density at radius 1 is 0.973 bits per heavy atom. The van der Waals surface area contributed by atoms with E-state index in [0.29, 0.717) is 28.5 Å².